The standard InChI is InChI=1S/C33H43N3O7/c1-21(2)42-30(38)27(35-29(37)28-17-11-19-36(28)32(40)43-33(3,4)5)16-10-18-34-31(39)41-20-26-24-14-8-6-12-22(24)23-13-7-9-15-25(23)26/h6-9,12-15,21,26-28H,10-11,16-20H2,1-5H3,(H,34,39)(H,35,37). The third-order valence-electron chi connectivity index (χ3n) is 7.42. The highest BCUT2D eigenvalue weighted by Gasteiger charge is 2.38. The lowest BCUT2D eigenvalue weighted by molar-refractivity contribution is -0.152. The van der Waals surface area contributed by atoms with E-state index in [9.17, 15) is 19.2 Å². The van der Waals surface area contributed by atoms with Gasteiger partial charge in [-0.25, -0.2) is 14.4 Å². The number of amides is 3. The van der Waals surface area contributed by atoms with Gasteiger partial charge in [0.2, 0.25) is 5.91 Å². The van der Waals surface area contributed by atoms with E-state index in [0.717, 1.165) is 22.3 Å². The van der Waals surface area contributed by atoms with E-state index in [1.54, 1.807) is 34.6 Å². The van der Waals surface area contributed by atoms with Crippen molar-refractivity contribution in [3.05, 3.63) is 59.7 Å². The molecule has 0 saturated carbocycles. The van der Waals surface area contributed by atoms with Crippen molar-refractivity contribution in [2.45, 2.75) is 90.0 Å². The van der Waals surface area contributed by atoms with Crippen LogP contribution in [0.1, 0.15) is 77.3 Å². The van der Waals surface area contributed by atoms with Gasteiger partial charge in [0.15, 0.2) is 0 Å². The van der Waals surface area contributed by atoms with Crippen molar-refractivity contribution in [1.82, 2.24) is 15.5 Å². The molecule has 232 valence electrons. The van der Waals surface area contributed by atoms with Crippen molar-refractivity contribution in [2.75, 3.05) is 19.7 Å². The molecular formula is C33H43N3O7. The second-order valence-corrected chi connectivity index (χ2v) is 12.3. The second-order valence-electron chi connectivity index (χ2n) is 12.3. The fraction of sp³-hybridized carbons (Fsp3) is 0.515. The molecule has 0 spiro atoms. The van der Waals surface area contributed by atoms with Gasteiger partial charge in [-0.1, -0.05) is 48.5 Å². The minimum atomic E-state index is -0.930. The zero-order valence-corrected chi connectivity index (χ0v) is 25.7. The topological polar surface area (TPSA) is 123 Å². The molecule has 2 unspecified atom stereocenters. The minimum absolute atomic E-state index is 0.0422. The summed E-state index contributed by atoms with van der Waals surface area (Å²) in [4.78, 5) is 52.6. The Morgan fingerprint density at radius 2 is 1.60 bits per heavy atom. The van der Waals surface area contributed by atoms with Crippen LogP contribution >= 0.6 is 0 Å². The van der Waals surface area contributed by atoms with Gasteiger partial charge in [0.05, 0.1) is 6.10 Å². The molecule has 2 aliphatic rings. The maximum absolute atomic E-state index is 13.2. The van der Waals surface area contributed by atoms with E-state index >= 15 is 0 Å². The molecule has 0 aromatic heterocycles. The molecule has 4 rings (SSSR count). The molecule has 1 heterocycles. The fourth-order valence-electron chi connectivity index (χ4n) is 5.56. The maximum Gasteiger partial charge on any atom is 0.410 e. The van der Waals surface area contributed by atoms with Crippen LogP contribution < -0.4 is 10.6 Å². The smallest absolute Gasteiger partial charge is 0.410 e. The average Bonchev–Trinajstić information content (AvgIpc) is 3.56. The van der Waals surface area contributed by atoms with Crippen LogP contribution in [0.2, 0.25) is 0 Å². The van der Waals surface area contributed by atoms with Crippen molar-refractivity contribution >= 4 is 24.1 Å². The number of hydrogen-bond acceptors (Lipinski definition) is 7. The van der Waals surface area contributed by atoms with Gasteiger partial charge >= 0.3 is 18.2 Å². The van der Waals surface area contributed by atoms with Crippen molar-refractivity contribution < 1.29 is 33.4 Å². The van der Waals surface area contributed by atoms with Gasteiger partial charge in [0.1, 0.15) is 24.3 Å². The fourth-order valence-corrected chi connectivity index (χ4v) is 5.56. The molecule has 0 bridgehead atoms. The summed E-state index contributed by atoms with van der Waals surface area (Å²) in [5.74, 6) is -1.04. The number of esters is 1. The molecule has 43 heavy (non-hydrogen) atoms. The summed E-state index contributed by atoms with van der Waals surface area (Å²) in [5, 5.41) is 5.52. The molecule has 10 nitrogen and oxygen atoms in total. The van der Waals surface area contributed by atoms with E-state index in [0.29, 0.717) is 25.8 Å². The normalized spacial score (nSPS) is 16.7. The highest BCUT2D eigenvalue weighted by Crippen LogP contribution is 2.44. The first-order chi connectivity index (χ1) is 20.4. The first-order valence-corrected chi connectivity index (χ1v) is 15.0. The van der Waals surface area contributed by atoms with E-state index in [-0.39, 0.29) is 31.6 Å². The van der Waals surface area contributed by atoms with Crippen LogP contribution in [0.5, 0.6) is 0 Å². The second kappa shape index (κ2) is 13.9. The van der Waals surface area contributed by atoms with Gasteiger partial charge in [-0.2, -0.15) is 0 Å². The number of carbonyl (C=O) groups is 4. The predicted octanol–water partition coefficient (Wildman–Crippen LogP) is 5.14. The van der Waals surface area contributed by atoms with Crippen molar-refractivity contribution in [3.8, 4) is 11.1 Å². The Bertz CT molecular complexity index is 1270. The van der Waals surface area contributed by atoms with Crippen LogP contribution in [0.3, 0.4) is 0 Å². The Hall–Kier alpha value is -4.08. The first-order valence-electron chi connectivity index (χ1n) is 15.0. The number of nitrogens with zero attached hydrogens (tertiary/aromatic N) is 1. The molecule has 1 aliphatic carbocycles. The van der Waals surface area contributed by atoms with Crippen molar-refractivity contribution in [1.29, 1.82) is 0 Å². The predicted molar refractivity (Wildman–Crippen MR) is 161 cm³/mol. The summed E-state index contributed by atoms with van der Waals surface area (Å²) in [6, 6.07) is 14.6. The van der Waals surface area contributed by atoms with E-state index in [1.165, 1.54) is 4.90 Å². The lowest BCUT2D eigenvalue weighted by atomic mass is 9.98. The lowest BCUT2D eigenvalue weighted by Gasteiger charge is -2.29. The van der Waals surface area contributed by atoms with Crippen molar-refractivity contribution in [3.63, 3.8) is 0 Å². The third-order valence-corrected chi connectivity index (χ3v) is 7.42. The number of nitrogens with one attached hydrogen (secondary N) is 2. The molecule has 2 N–H and O–H groups in total. The lowest BCUT2D eigenvalue weighted by Crippen LogP contribution is -2.52. The first kappa shape index (κ1) is 31.8. The number of hydrogen-bond donors (Lipinski definition) is 2. The number of fused-ring (bicyclic) bond motifs is 3. The Labute approximate surface area is 253 Å². The van der Waals surface area contributed by atoms with E-state index < -0.39 is 41.7 Å². The Morgan fingerprint density at radius 1 is 0.977 bits per heavy atom. The highest BCUT2D eigenvalue weighted by molar-refractivity contribution is 5.90. The van der Waals surface area contributed by atoms with E-state index in [1.807, 2.05) is 24.3 Å². The van der Waals surface area contributed by atoms with Crippen LogP contribution in [0.4, 0.5) is 9.59 Å². The third kappa shape index (κ3) is 8.27. The highest BCUT2D eigenvalue weighted by atomic mass is 16.6. The quantitative estimate of drug-likeness (QED) is 0.222. The van der Waals surface area contributed by atoms with E-state index in [4.69, 9.17) is 14.2 Å². The number of alkyl carbamates (subject to hydrolysis) is 1. The summed E-state index contributed by atoms with van der Waals surface area (Å²) < 4.78 is 16.4. The van der Waals surface area contributed by atoms with Crippen LogP contribution in [-0.4, -0.2) is 72.4 Å². The summed E-state index contributed by atoms with van der Waals surface area (Å²) in [5.41, 5.74) is 3.88. The van der Waals surface area contributed by atoms with Gasteiger partial charge in [-0.3, -0.25) is 9.69 Å². The molecule has 10 heteroatoms. The molecule has 3 amide bonds. The molecule has 0 radical (unpaired) electrons. The summed E-state index contributed by atoms with van der Waals surface area (Å²) in [7, 11) is 0. The maximum atomic E-state index is 13.2. The minimum Gasteiger partial charge on any atom is -0.461 e. The Kier molecular flexibility index (Phi) is 10.3. The SMILES string of the molecule is CC(C)OC(=O)C(CCCNC(=O)OCC1c2ccccc2-c2ccccc21)NC(=O)C1CCCN1C(=O)OC(C)(C)C. The van der Waals surface area contributed by atoms with Gasteiger partial charge in [-0.05, 0) is 82.6 Å². The van der Waals surface area contributed by atoms with E-state index in [2.05, 4.69) is 34.9 Å². The van der Waals surface area contributed by atoms with Gasteiger partial charge < -0.3 is 24.8 Å². The monoisotopic (exact) mass is 593 g/mol. The molecule has 2 aromatic carbocycles. The zero-order valence-electron chi connectivity index (χ0n) is 25.7. The molecule has 2 aromatic rings. The Balaban J connectivity index is 1.28. The average molecular weight is 594 g/mol. The summed E-state index contributed by atoms with van der Waals surface area (Å²) in [6.45, 7) is 9.62. The molecular weight excluding hydrogens is 550 g/mol. The Morgan fingerprint density at radius 3 is 2.21 bits per heavy atom. The molecule has 1 saturated heterocycles. The molecule has 2 atom stereocenters. The number of carbonyl (C=O) groups excluding carboxylic acids is 4. The van der Waals surface area contributed by atoms with Gasteiger partial charge in [-0.15, -0.1) is 0 Å². The zero-order chi connectivity index (χ0) is 31.1. The van der Waals surface area contributed by atoms with Crippen LogP contribution in [0, 0.1) is 0 Å². The van der Waals surface area contributed by atoms with Crippen LogP contribution in [-0.2, 0) is 23.8 Å². The molecule has 1 aliphatic heterocycles. The summed E-state index contributed by atoms with van der Waals surface area (Å²) >= 11 is 0. The number of ether oxygens (including phenoxy) is 3. The summed E-state index contributed by atoms with van der Waals surface area (Å²) in [6.07, 6.45) is 0.284. The van der Waals surface area contributed by atoms with Crippen molar-refractivity contribution in [2.24, 2.45) is 0 Å². The molecule has 1 fully saturated rings. The largest absolute Gasteiger partial charge is 0.461 e. The number of rotatable bonds is 10. The van der Waals surface area contributed by atoms with Gasteiger partial charge in [0.25, 0.3) is 0 Å². The van der Waals surface area contributed by atoms with Crippen LogP contribution in [0.25, 0.3) is 11.1 Å². The van der Waals surface area contributed by atoms with Gasteiger partial charge in [0, 0.05) is 19.0 Å². The number of likely N-dealkylation sites (tertiary alicyclic amines) is 1. The van der Waals surface area contributed by atoms with Crippen LogP contribution in [0.15, 0.2) is 48.5 Å². The number of benzene rings is 2.